The van der Waals surface area contributed by atoms with E-state index in [1.807, 2.05) is 0 Å². The number of fused-ring (bicyclic) bond motifs is 1. The second-order valence-corrected chi connectivity index (χ2v) is 5.99. The summed E-state index contributed by atoms with van der Waals surface area (Å²) >= 11 is 0. The largest absolute Gasteiger partial charge is 0.462 e. The Balaban J connectivity index is 1.84. The van der Waals surface area contributed by atoms with Crippen molar-refractivity contribution in [3.05, 3.63) is 48.3 Å². The lowest BCUT2D eigenvalue weighted by atomic mass is 9.91. The first-order valence-corrected chi connectivity index (χ1v) is 8.14. The molecule has 1 aromatic rings. The van der Waals surface area contributed by atoms with Crippen LogP contribution in [-0.2, 0) is 14.3 Å². The average molecular weight is 354 g/mol. The number of nitrogens with one attached hydrogen (secondary N) is 1. The second-order valence-electron chi connectivity index (χ2n) is 5.99. The van der Waals surface area contributed by atoms with Crippen LogP contribution in [0.1, 0.15) is 30.6 Å². The van der Waals surface area contributed by atoms with E-state index in [1.165, 1.54) is 18.3 Å². The van der Waals surface area contributed by atoms with Gasteiger partial charge in [-0.25, -0.2) is 9.78 Å². The highest BCUT2D eigenvalue weighted by molar-refractivity contribution is 6.11. The molecule has 0 fully saturated rings. The van der Waals surface area contributed by atoms with Crippen LogP contribution in [-0.4, -0.2) is 45.6 Å². The van der Waals surface area contributed by atoms with Gasteiger partial charge in [-0.3, -0.25) is 9.59 Å². The molecule has 1 unspecified atom stereocenters. The van der Waals surface area contributed by atoms with E-state index < -0.39 is 17.4 Å². The predicted molar refractivity (Wildman–Crippen MR) is 94.4 cm³/mol. The molecule has 26 heavy (non-hydrogen) atoms. The zero-order valence-corrected chi connectivity index (χ0v) is 14.4. The molecule has 8 heteroatoms. The van der Waals surface area contributed by atoms with Crippen molar-refractivity contribution in [2.24, 2.45) is 4.99 Å². The van der Waals surface area contributed by atoms with E-state index in [0.29, 0.717) is 5.84 Å². The number of aliphatic imine (C=N–C) groups is 1. The summed E-state index contributed by atoms with van der Waals surface area (Å²) in [5, 5.41) is 2.68. The maximum Gasteiger partial charge on any atom is 0.338 e. The van der Waals surface area contributed by atoms with Gasteiger partial charge in [-0.2, -0.15) is 4.99 Å². The third-order valence-corrected chi connectivity index (χ3v) is 4.11. The van der Waals surface area contributed by atoms with E-state index in [1.54, 1.807) is 43.2 Å². The van der Waals surface area contributed by atoms with Crippen molar-refractivity contribution in [2.45, 2.75) is 25.8 Å². The number of rotatable bonds is 4. The van der Waals surface area contributed by atoms with Gasteiger partial charge in [0.1, 0.15) is 17.2 Å². The number of carbonyl (C=O) groups is 3. The normalized spacial score (nSPS) is 21.1. The lowest BCUT2D eigenvalue weighted by Gasteiger charge is -2.41. The fraction of sp³-hybridized carbons (Fsp3) is 0.278. The summed E-state index contributed by atoms with van der Waals surface area (Å²) in [5.41, 5.74) is -0.873. The van der Waals surface area contributed by atoms with Gasteiger partial charge >= 0.3 is 5.97 Å². The molecule has 0 saturated carbocycles. The van der Waals surface area contributed by atoms with Gasteiger partial charge in [0.2, 0.25) is 0 Å². The number of ether oxygens (including phenoxy) is 1. The Bertz CT molecular complexity index is 859. The van der Waals surface area contributed by atoms with Gasteiger partial charge < -0.3 is 15.0 Å². The van der Waals surface area contributed by atoms with Gasteiger partial charge in [0.15, 0.2) is 0 Å². The molecule has 2 aliphatic heterocycles. The van der Waals surface area contributed by atoms with Gasteiger partial charge in [0.25, 0.3) is 11.8 Å². The first-order valence-electron chi connectivity index (χ1n) is 8.14. The van der Waals surface area contributed by atoms with Gasteiger partial charge in [-0.05, 0) is 38.1 Å². The first kappa shape index (κ1) is 17.5. The summed E-state index contributed by atoms with van der Waals surface area (Å²) in [6.07, 6.45) is 8.22. The van der Waals surface area contributed by atoms with Crippen LogP contribution in [0.25, 0.3) is 0 Å². The number of anilines is 1. The second kappa shape index (κ2) is 6.91. The molecule has 0 spiro atoms. The van der Waals surface area contributed by atoms with Crippen molar-refractivity contribution in [3.8, 4) is 0 Å². The van der Waals surface area contributed by atoms with Crippen molar-refractivity contribution in [2.75, 3.05) is 11.9 Å². The molecule has 0 aromatic carbocycles. The Hall–Kier alpha value is -3.29. The summed E-state index contributed by atoms with van der Waals surface area (Å²) in [6, 6.07) is 2.94. The molecule has 8 nitrogen and oxygen atoms in total. The highest BCUT2D eigenvalue weighted by Crippen LogP contribution is 2.29. The van der Waals surface area contributed by atoms with E-state index in [0.717, 1.165) is 0 Å². The number of carbonyl (C=O) groups excluding carboxylic acids is 3. The quantitative estimate of drug-likeness (QED) is 0.826. The molecule has 1 N–H and O–H groups in total. The minimum absolute atomic E-state index is 0.0713. The summed E-state index contributed by atoms with van der Waals surface area (Å²) in [5.74, 6) is -0.679. The van der Waals surface area contributed by atoms with Crippen molar-refractivity contribution in [3.63, 3.8) is 0 Å². The van der Waals surface area contributed by atoms with Gasteiger partial charge in [0.05, 0.1) is 18.6 Å². The highest BCUT2D eigenvalue weighted by atomic mass is 16.5. The topological polar surface area (TPSA) is 101 Å². The molecule has 1 atom stereocenters. The third-order valence-electron chi connectivity index (χ3n) is 4.11. The van der Waals surface area contributed by atoms with Crippen LogP contribution in [0.4, 0.5) is 5.82 Å². The smallest absolute Gasteiger partial charge is 0.338 e. The SMILES string of the molecule is CCOC(=O)c1ccnc(NC(=O)C2(C)CC(=O)N=C3C=CC=CN32)c1. The number of allylic oxidation sites excluding steroid dienone is 2. The van der Waals surface area contributed by atoms with Crippen molar-refractivity contribution >= 4 is 29.4 Å². The van der Waals surface area contributed by atoms with Crippen molar-refractivity contribution in [1.82, 2.24) is 9.88 Å². The van der Waals surface area contributed by atoms with Crippen LogP contribution in [0, 0.1) is 0 Å². The number of pyridine rings is 1. The number of aromatic nitrogens is 1. The van der Waals surface area contributed by atoms with Crippen LogP contribution in [0.2, 0.25) is 0 Å². The van der Waals surface area contributed by atoms with Gasteiger partial charge in [0, 0.05) is 12.4 Å². The Labute approximate surface area is 150 Å². The number of esters is 1. The molecular formula is C18H18N4O4. The lowest BCUT2D eigenvalue weighted by molar-refractivity contribution is -0.130. The maximum absolute atomic E-state index is 12.9. The molecule has 3 rings (SSSR count). The average Bonchev–Trinajstić information content (AvgIpc) is 2.62. The van der Waals surface area contributed by atoms with E-state index in [9.17, 15) is 14.4 Å². The Morgan fingerprint density at radius 2 is 2.19 bits per heavy atom. The fourth-order valence-electron chi connectivity index (χ4n) is 2.77. The summed E-state index contributed by atoms with van der Waals surface area (Å²) in [7, 11) is 0. The number of hydrogen-bond donors (Lipinski definition) is 1. The number of nitrogens with zero attached hydrogens (tertiary/aromatic N) is 3. The molecule has 0 aliphatic carbocycles. The van der Waals surface area contributed by atoms with Crippen molar-refractivity contribution in [1.29, 1.82) is 0 Å². The predicted octanol–water partition coefficient (Wildman–Crippen LogP) is 1.67. The minimum atomic E-state index is -1.16. The molecule has 2 amide bonds. The van der Waals surface area contributed by atoms with E-state index in [4.69, 9.17) is 4.74 Å². The molecule has 0 bridgehead atoms. The summed E-state index contributed by atoms with van der Waals surface area (Å²) in [4.78, 5) is 46.4. The van der Waals surface area contributed by atoms with Gasteiger partial charge in [-0.1, -0.05) is 6.08 Å². The molecule has 3 heterocycles. The van der Waals surface area contributed by atoms with Crippen LogP contribution in [0.5, 0.6) is 0 Å². The van der Waals surface area contributed by atoms with Crippen LogP contribution < -0.4 is 5.32 Å². The Morgan fingerprint density at radius 1 is 1.38 bits per heavy atom. The molecule has 2 aliphatic rings. The standard InChI is InChI=1S/C18H18N4O4/c1-3-26-16(24)12-7-8-19-13(10-12)20-17(25)18(2)11-15(23)21-14-6-4-5-9-22(14)18/h4-10H,3,11H2,1-2H3,(H,19,20,25). The first-order chi connectivity index (χ1) is 12.4. The zero-order chi connectivity index (χ0) is 18.7. The lowest BCUT2D eigenvalue weighted by Crippen LogP contribution is -2.58. The van der Waals surface area contributed by atoms with E-state index in [-0.39, 0.29) is 30.3 Å². The Morgan fingerprint density at radius 3 is 2.96 bits per heavy atom. The maximum atomic E-state index is 12.9. The molecule has 134 valence electrons. The monoisotopic (exact) mass is 354 g/mol. The number of amides is 2. The molecular weight excluding hydrogens is 336 g/mol. The van der Waals surface area contributed by atoms with Crippen LogP contribution in [0.15, 0.2) is 47.7 Å². The Kier molecular flexibility index (Phi) is 4.66. The third kappa shape index (κ3) is 3.26. The van der Waals surface area contributed by atoms with Crippen molar-refractivity contribution < 1.29 is 19.1 Å². The van der Waals surface area contributed by atoms with E-state index in [2.05, 4.69) is 15.3 Å². The van der Waals surface area contributed by atoms with Crippen LogP contribution >= 0.6 is 0 Å². The van der Waals surface area contributed by atoms with E-state index >= 15 is 0 Å². The molecule has 0 radical (unpaired) electrons. The zero-order valence-electron chi connectivity index (χ0n) is 14.4. The molecule has 0 saturated heterocycles. The number of amidine groups is 1. The van der Waals surface area contributed by atoms with Gasteiger partial charge in [-0.15, -0.1) is 0 Å². The summed E-state index contributed by atoms with van der Waals surface area (Å²) < 4.78 is 4.94. The highest BCUT2D eigenvalue weighted by Gasteiger charge is 2.45. The fourth-order valence-corrected chi connectivity index (χ4v) is 2.77. The molecule has 1 aromatic heterocycles. The van der Waals surface area contributed by atoms with Crippen LogP contribution in [0.3, 0.4) is 0 Å². The minimum Gasteiger partial charge on any atom is -0.462 e. The summed E-state index contributed by atoms with van der Waals surface area (Å²) in [6.45, 7) is 3.62. The number of hydrogen-bond acceptors (Lipinski definition) is 6.